The van der Waals surface area contributed by atoms with Crippen molar-refractivity contribution >= 4 is 6.03 Å². The first-order valence-corrected chi connectivity index (χ1v) is 7.70. The van der Waals surface area contributed by atoms with Crippen molar-refractivity contribution in [3.05, 3.63) is 93.0 Å². The van der Waals surface area contributed by atoms with E-state index in [1.165, 1.54) is 30.0 Å². The molecule has 2 aromatic carbocycles. The fourth-order valence-corrected chi connectivity index (χ4v) is 2.90. The number of allylic oxidation sites excluding steroid dienone is 1. The SMILES string of the molecule is CC1=C([N+](=O)[O-])C(c2ccccc2F)NC(=O)N1Cc1ccccc1. The summed E-state index contributed by atoms with van der Waals surface area (Å²) in [5, 5.41) is 14.2. The topological polar surface area (TPSA) is 75.5 Å². The highest BCUT2D eigenvalue weighted by molar-refractivity contribution is 5.78. The van der Waals surface area contributed by atoms with E-state index in [-0.39, 0.29) is 23.5 Å². The van der Waals surface area contributed by atoms with Gasteiger partial charge in [0.05, 0.1) is 17.2 Å². The van der Waals surface area contributed by atoms with Gasteiger partial charge < -0.3 is 5.32 Å². The molecule has 2 aromatic rings. The van der Waals surface area contributed by atoms with Crippen molar-refractivity contribution in [1.82, 2.24) is 10.2 Å². The van der Waals surface area contributed by atoms with Gasteiger partial charge in [0.1, 0.15) is 5.82 Å². The molecule has 25 heavy (non-hydrogen) atoms. The van der Waals surface area contributed by atoms with E-state index < -0.39 is 22.8 Å². The standard InChI is InChI=1S/C18H16FN3O3/c1-12-17(22(24)25)16(14-9-5-6-10-15(14)19)20-18(23)21(12)11-13-7-3-2-4-8-13/h2-10,16H,11H2,1H3,(H,20,23). The molecule has 3 rings (SSSR count). The van der Waals surface area contributed by atoms with Gasteiger partial charge in [-0.3, -0.25) is 15.0 Å². The zero-order valence-corrected chi connectivity index (χ0v) is 13.5. The highest BCUT2D eigenvalue weighted by atomic mass is 19.1. The van der Waals surface area contributed by atoms with Gasteiger partial charge in [0.25, 0.3) is 5.70 Å². The molecule has 2 amide bonds. The molecule has 1 heterocycles. The Hall–Kier alpha value is -3.22. The van der Waals surface area contributed by atoms with E-state index in [0.29, 0.717) is 0 Å². The number of amides is 2. The summed E-state index contributed by atoms with van der Waals surface area (Å²) < 4.78 is 14.1. The van der Waals surface area contributed by atoms with Crippen LogP contribution in [0.5, 0.6) is 0 Å². The van der Waals surface area contributed by atoms with E-state index in [2.05, 4.69) is 5.32 Å². The summed E-state index contributed by atoms with van der Waals surface area (Å²) in [6, 6.07) is 13.2. The Morgan fingerprint density at radius 3 is 2.44 bits per heavy atom. The lowest BCUT2D eigenvalue weighted by molar-refractivity contribution is -0.433. The third kappa shape index (κ3) is 3.21. The molecular weight excluding hydrogens is 325 g/mol. The maximum absolute atomic E-state index is 14.1. The van der Waals surface area contributed by atoms with Crippen molar-refractivity contribution in [2.45, 2.75) is 19.5 Å². The van der Waals surface area contributed by atoms with E-state index in [0.717, 1.165) is 5.56 Å². The largest absolute Gasteiger partial charge is 0.323 e. The molecule has 0 bridgehead atoms. The Balaban J connectivity index is 2.03. The summed E-state index contributed by atoms with van der Waals surface area (Å²) in [6.07, 6.45) is 0. The molecule has 1 aliphatic heterocycles. The molecule has 0 saturated carbocycles. The summed E-state index contributed by atoms with van der Waals surface area (Å²) in [5.74, 6) is -0.601. The maximum Gasteiger partial charge on any atom is 0.323 e. The van der Waals surface area contributed by atoms with Crippen LogP contribution in [0.2, 0.25) is 0 Å². The van der Waals surface area contributed by atoms with Gasteiger partial charge in [-0.2, -0.15) is 0 Å². The number of carbonyl (C=O) groups excluding carboxylic acids is 1. The van der Waals surface area contributed by atoms with E-state index in [1.54, 1.807) is 6.07 Å². The van der Waals surface area contributed by atoms with Crippen LogP contribution in [0.4, 0.5) is 9.18 Å². The lowest BCUT2D eigenvalue weighted by atomic mass is 9.99. The minimum absolute atomic E-state index is 0.0706. The molecule has 0 aromatic heterocycles. The summed E-state index contributed by atoms with van der Waals surface area (Å²) >= 11 is 0. The molecule has 6 nitrogen and oxygen atoms in total. The number of rotatable bonds is 4. The molecule has 1 aliphatic rings. The molecular formula is C18H16FN3O3. The van der Waals surface area contributed by atoms with Gasteiger partial charge in [-0.05, 0) is 18.6 Å². The van der Waals surface area contributed by atoms with Gasteiger partial charge in [0.2, 0.25) is 0 Å². The maximum atomic E-state index is 14.1. The molecule has 0 radical (unpaired) electrons. The van der Waals surface area contributed by atoms with Crippen molar-refractivity contribution in [3.63, 3.8) is 0 Å². The predicted octanol–water partition coefficient (Wildman–Crippen LogP) is 3.60. The Bertz CT molecular complexity index is 852. The molecule has 0 saturated heterocycles. The fourth-order valence-electron chi connectivity index (χ4n) is 2.90. The van der Waals surface area contributed by atoms with Crippen LogP contribution in [0.25, 0.3) is 0 Å². The molecule has 1 N–H and O–H groups in total. The average Bonchev–Trinajstić information content (AvgIpc) is 2.59. The van der Waals surface area contributed by atoms with Crippen LogP contribution in [0.15, 0.2) is 66.0 Å². The van der Waals surface area contributed by atoms with Crippen molar-refractivity contribution in [2.24, 2.45) is 0 Å². The molecule has 0 aliphatic carbocycles. The minimum Gasteiger partial charge on any atom is -0.320 e. The second kappa shape index (κ2) is 6.72. The Morgan fingerprint density at radius 1 is 1.16 bits per heavy atom. The number of halogens is 1. The van der Waals surface area contributed by atoms with Gasteiger partial charge in [0.15, 0.2) is 6.04 Å². The van der Waals surface area contributed by atoms with Crippen molar-refractivity contribution in [2.75, 3.05) is 0 Å². The van der Waals surface area contributed by atoms with Crippen LogP contribution in [-0.2, 0) is 6.54 Å². The first kappa shape index (κ1) is 16.6. The van der Waals surface area contributed by atoms with Crippen LogP contribution in [0.1, 0.15) is 24.1 Å². The molecule has 1 atom stereocenters. The summed E-state index contributed by atoms with van der Waals surface area (Å²) in [4.78, 5) is 24.9. The summed E-state index contributed by atoms with van der Waals surface area (Å²) in [6.45, 7) is 1.70. The smallest absolute Gasteiger partial charge is 0.320 e. The van der Waals surface area contributed by atoms with Crippen molar-refractivity contribution in [1.29, 1.82) is 0 Å². The first-order valence-electron chi connectivity index (χ1n) is 7.70. The quantitative estimate of drug-likeness (QED) is 0.682. The zero-order chi connectivity index (χ0) is 18.0. The highest BCUT2D eigenvalue weighted by Crippen LogP contribution is 2.32. The molecule has 0 fully saturated rings. The van der Waals surface area contributed by atoms with Crippen molar-refractivity contribution < 1.29 is 14.1 Å². The number of hydrogen-bond acceptors (Lipinski definition) is 3. The van der Waals surface area contributed by atoms with Gasteiger partial charge in [-0.1, -0.05) is 48.5 Å². The van der Waals surface area contributed by atoms with Gasteiger partial charge in [-0.15, -0.1) is 0 Å². The van der Waals surface area contributed by atoms with Gasteiger partial charge in [-0.25, -0.2) is 9.18 Å². The monoisotopic (exact) mass is 341 g/mol. The van der Waals surface area contributed by atoms with E-state index >= 15 is 0 Å². The normalized spacial score (nSPS) is 17.4. The van der Waals surface area contributed by atoms with Crippen LogP contribution in [0, 0.1) is 15.9 Å². The van der Waals surface area contributed by atoms with E-state index in [9.17, 15) is 19.3 Å². The number of carbonyl (C=O) groups is 1. The number of benzene rings is 2. The third-order valence-corrected chi connectivity index (χ3v) is 4.16. The molecule has 128 valence electrons. The van der Waals surface area contributed by atoms with Gasteiger partial charge in [0, 0.05) is 5.56 Å². The van der Waals surface area contributed by atoms with Crippen LogP contribution in [-0.4, -0.2) is 15.9 Å². The Morgan fingerprint density at radius 2 is 1.80 bits per heavy atom. The highest BCUT2D eigenvalue weighted by Gasteiger charge is 2.40. The lowest BCUT2D eigenvalue weighted by Crippen LogP contribution is -2.47. The number of nitrogens with one attached hydrogen (secondary N) is 1. The minimum atomic E-state index is -1.13. The fraction of sp³-hybridized carbons (Fsp3) is 0.167. The van der Waals surface area contributed by atoms with Crippen LogP contribution in [0.3, 0.4) is 0 Å². The lowest BCUT2D eigenvalue weighted by Gasteiger charge is -2.32. The zero-order valence-electron chi connectivity index (χ0n) is 13.5. The number of urea groups is 1. The van der Waals surface area contributed by atoms with E-state index in [4.69, 9.17) is 0 Å². The predicted molar refractivity (Wildman–Crippen MR) is 89.4 cm³/mol. The van der Waals surface area contributed by atoms with Crippen molar-refractivity contribution in [3.8, 4) is 0 Å². The number of nitrogens with zero attached hydrogens (tertiary/aromatic N) is 2. The second-order valence-electron chi connectivity index (χ2n) is 5.70. The van der Waals surface area contributed by atoms with Gasteiger partial charge >= 0.3 is 6.03 Å². The number of nitro groups is 1. The summed E-state index contributed by atoms with van der Waals surface area (Å²) in [5.41, 5.74) is 0.872. The molecule has 0 spiro atoms. The summed E-state index contributed by atoms with van der Waals surface area (Å²) in [7, 11) is 0. The Labute approximate surface area is 143 Å². The second-order valence-corrected chi connectivity index (χ2v) is 5.70. The van der Waals surface area contributed by atoms with Crippen LogP contribution < -0.4 is 5.32 Å². The van der Waals surface area contributed by atoms with E-state index in [1.807, 2.05) is 30.3 Å². The van der Waals surface area contributed by atoms with Crippen LogP contribution >= 0.6 is 0 Å². The molecule has 1 unspecified atom stereocenters. The Kier molecular flexibility index (Phi) is 4.47. The third-order valence-electron chi connectivity index (χ3n) is 4.16. The number of hydrogen-bond donors (Lipinski definition) is 1. The first-order chi connectivity index (χ1) is 12.0. The molecule has 7 heteroatoms. The average molecular weight is 341 g/mol.